The third-order valence-electron chi connectivity index (χ3n) is 16.2. The number of anilines is 3. The number of benzene rings is 3. The van der Waals surface area contributed by atoms with Gasteiger partial charge in [-0.05, 0) is 142 Å². The van der Waals surface area contributed by atoms with Gasteiger partial charge >= 0.3 is 10.2 Å². The number of aromatic nitrogens is 2. The number of hydrogen-bond acceptors (Lipinski definition) is 9. The molecule has 2 atom stereocenters. The highest BCUT2D eigenvalue weighted by Crippen LogP contribution is 2.43. The molecule has 372 valence electrons. The van der Waals surface area contributed by atoms with E-state index in [2.05, 4.69) is 65.6 Å². The number of likely N-dealkylation sites (tertiary alicyclic amines) is 1. The van der Waals surface area contributed by atoms with Crippen molar-refractivity contribution in [2.45, 2.75) is 76.5 Å². The summed E-state index contributed by atoms with van der Waals surface area (Å²) in [6.07, 6.45) is 9.98. The molecular formula is C53H58F3N9O5S. The number of ketones is 1. The first-order valence-corrected chi connectivity index (χ1v) is 26.3. The number of allylic oxidation sites excluding steroid dienone is 1. The highest BCUT2D eigenvalue weighted by Gasteiger charge is 2.41. The summed E-state index contributed by atoms with van der Waals surface area (Å²) in [7, 11) is -4.35. The summed E-state index contributed by atoms with van der Waals surface area (Å²) in [5.74, 6) is -3.08. The van der Waals surface area contributed by atoms with Crippen LogP contribution in [0.2, 0.25) is 0 Å². The van der Waals surface area contributed by atoms with Crippen molar-refractivity contribution in [1.29, 1.82) is 0 Å². The first-order chi connectivity index (χ1) is 34.2. The second kappa shape index (κ2) is 18.7. The summed E-state index contributed by atoms with van der Waals surface area (Å²) in [4.78, 5) is 56.5. The van der Waals surface area contributed by atoms with Crippen LogP contribution < -0.4 is 19.8 Å². The Morgan fingerprint density at radius 3 is 2.28 bits per heavy atom. The van der Waals surface area contributed by atoms with Crippen LogP contribution in [0.1, 0.15) is 89.6 Å². The standard InChI is InChI=1S/C53H58F3N9O5S/c1-33-2-11-46(51(67)59-33)65-31-37-26-40(7-8-41(37)52(65)68)63-24-17-53(18-25-63)15-22-61(23-16-53)30-34-12-19-62(20-13-34)39-5-3-35(4-6-39)36-27-42-43(29-58-50(42)57-28-36)49(66)47-44(55)9-10-45(48(47)56)60-71(69,70)64-21-14-38(54)32-64/h3-10,26-29,34,38,46,60H,1-2,11-25,30-32H2,(H,57,58)(H,59,67)/t38-,46?/m1/s1. The molecule has 6 aliphatic heterocycles. The van der Waals surface area contributed by atoms with Crippen molar-refractivity contribution in [1.82, 2.24) is 29.4 Å². The predicted octanol–water partition coefficient (Wildman–Crippen LogP) is 7.79. The molecule has 0 aliphatic carbocycles. The Morgan fingerprint density at radius 1 is 0.845 bits per heavy atom. The van der Waals surface area contributed by atoms with Crippen LogP contribution in [0.25, 0.3) is 22.2 Å². The summed E-state index contributed by atoms with van der Waals surface area (Å²) < 4.78 is 73.3. The van der Waals surface area contributed by atoms with Crippen molar-refractivity contribution < 1.29 is 36.0 Å². The number of fused-ring (bicyclic) bond motifs is 2. The minimum atomic E-state index is -4.35. The molecule has 2 amide bonds. The number of pyridine rings is 1. The number of rotatable bonds is 11. The summed E-state index contributed by atoms with van der Waals surface area (Å²) >= 11 is 0. The molecule has 0 radical (unpaired) electrons. The Morgan fingerprint density at radius 2 is 1.56 bits per heavy atom. The molecule has 3 aromatic carbocycles. The lowest BCUT2D eigenvalue weighted by Gasteiger charge is -2.48. The lowest BCUT2D eigenvalue weighted by Crippen LogP contribution is -2.49. The largest absolute Gasteiger partial charge is 0.372 e. The van der Waals surface area contributed by atoms with E-state index in [1.165, 1.54) is 31.9 Å². The maximum Gasteiger partial charge on any atom is 0.301 e. The number of piperidine rings is 4. The summed E-state index contributed by atoms with van der Waals surface area (Å²) in [5, 5.41) is 3.18. The number of carbonyl (C=O) groups excluding carboxylic acids is 3. The molecule has 11 rings (SSSR count). The van der Waals surface area contributed by atoms with E-state index in [9.17, 15) is 27.2 Å². The van der Waals surface area contributed by atoms with Crippen LogP contribution >= 0.6 is 0 Å². The Kier molecular flexibility index (Phi) is 12.4. The Balaban J connectivity index is 0.658. The number of nitrogens with zero attached hydrogens (tertiary/aromatic N) is 6. The fourth-order valence-electron chi connectivity index (χ4n) is 11.8. The van der Waals surface area contributed by atoms with Gasteiger partial charge in [-0.25, -0.2) is 18.2 Å². The SMILES string of the molecule is C=C1CCC(N2Cc3cc(N4CCC5(CCN(CC6CCN(c7ccc(-c8cnc9[nH]cc(C(=O)c%10c(F)ccc(NS(=O)(=O)N%11CC[C@@H](F)C%11)c%10F)c9c8)cc7)CC6)CC5)CC4)ccc3C2=O)C(=O)N1. The molecule has 18 heteroatoms. The van der Waals surface area contributed by atoms with E-state index in [0.29, 0.717) is 58.6 Å². The van der Waals surface area contributed by atoms with E-state index in [0.717, 1.165) is 97.6 Å². The molecule has 14 nitrogen and oxygen atoms in total. The highest BCUT2D eigenvalue weighted by atomic mass is 32.2. The van der Waals surface area contributed by atoms with Crippen molar-refractivity contribution >= 4 is 55.9 Å². The Hall–Kier alpha value is -6.24. The van der Waals surface area contributed by atoms with Crippen LogP contribution in [0.15, 0.2) is 85.3 Å². The van der Waals surface area contributed by atoms with Crippen LogP contribution in [-0.2, 0) is 21.5 Å². The maximum absolute atomic E-state index is 15.8. The van der Waals surface area contributed by atoms with E-state index in [-0.39, 0.29) is 36.9 Å². The summed E-state index contributed by atoms with van der Waals surface area (Å²) in [6, 6.07) is 17.4. The van der Waals surface area contributed by atoms with Crippen LogP contribution in [0, 0.1) is 23.0 Å². The van der Waals surface area contributed by atoms with Crippen molar-refractivity contribution in [2.75, 3.05) is 73.4 Å². The van der Waals surface area contributed by atoms with Gasteiger partial charge < -0.3 is 29.9 Å². The van der Waals surface area contributed by atoms with Gasteiger partial charge in [0.05, 0.1) is 11.3 Å². The van der Waals surface area contributed by atoms with Gasteiger partial charge in [0, 0.05) is 104 Å². The summed E-state index contributed by atoms with van der Waals surface area (Å²) in [5.41, 5.74) is 5.42. The van der Waals surface area contributed by atoms with E-state index >= 15 is 8.78 Å². The van der Waals surface area contributed by atoms with Gasteiger partial charge in [-0.15, -0.1) is 0 Å². The smallest absolute Gasteiger partial charge is 0.301 e. The van der Waals surface area contributed by atoms with Crippen LogP contribution in [0.4, 0.5) is 30.2 Å². The molecule has 1 unspecified atom stereocenters. The highest BCUT2D eigenvalue weighted by molar-refractivity contribution is 7.90. The van der Waals surface area contributed by atoms with Gasteiger partial charge in [-0.1, -0.05) is 18.7 Å². The van der Waals surface area contributed by atoms with E-state index in [1.807, 2.05) is 18.2 Å². The molecular weight excluding hydrogens is 932 g/mol. The number of nitrogens with one attached hydrogen (secondary N) is 3. The lowest BCUT2D eigenvalue weighted by atomic mass is 9.71. The number of halogens is 3. The first kappa shape index (κ1) is 47.1. The van der Waals surface area contributed by atoms with E-state index in [4.69, 9.17) is 0 Å². The summed E-state index contributed by atoms with van der Waals surface area (Å²) in [6.45, 7) is 11.2. The number of aromatic amines is 1. The van der Waals surface area contributed by atoms with Crippen LogP contribution in [-0.4, -0.2) is 121 Å². The molecule has 71 heavy (non-hydrogen) atoms. The molecule has 8 heterocycles. The second-order valence-electron chi connectivity index (χ2n) is 20.5. The van der Waals surface area contributed by atoms with E-state index < -0.39 is 51.1 Å². The fourth-order valence-corrected chi connectivity index (χ4v) is 13.1. The number of carbonyl (C=O) groups is 3. The topological polar surface area (TPSA) is 154 Å². The zero-order valence-corrected chi connectivity index (χ0v) is 40.4. The number of amides is 2. The van der Waals surface area contributed by atoms with Crippen molar-refractivity contribution in [3.8, 4) is 11.1 Å². The zero-order valence-electron chi connectivity index (χ0n) is 39.6. The fraction of sp³-hybridized carbons (Fsp3) is 0.434. The number of H-pyrrole nitrogens is 1. The maximum atomic E-state index is 15.8. The molecule has 0 saturated carbocycles. The molecule has 6 aliphatic rings. The van der Waals surface area contributed by atoms with Gasteiger partial charge in [0.15, 0.2) is 5.82 Å². The molecule has 3 N–H and O–H groups in total. The normalized spacial score (nSPS) is 22.4. The minimum absolute atomic E-state index is 0.00980. The molecule has 5 fully saturated rings. The van der Waals surface area contributed by atoms with Gasteiger partial charge in [-0.3, -0.25) is 19.1 Å². The Labute approximate surface area is 411 Å². The third-order valence-corrected chi connectivity index (χ3v) is 17.7. The average molecular weight is 990 g/mol. The first-order valence-electron chi connectivity index (χ1n) is 24.9. The Bertz CT molecular complexity index is 3030. The van der Waals surface area contributed by atoms with Gasteiger partial charge in [0.1, 0.15) is 23.7 Å². The molecule has 5 aromatic rings. The van der Waals surface area contributed by atoms with Crippen molar-refractivity contribution in [3.63, 3.8) is 0 Å². The van der Waals surface area contributed by atoms with Crippen LogP contribution in [0.5, 0.6) is 0 Å². The molecule has 1 spiro atoms. The van der Waals surface area contributed by atoms with E-state index in [1.54, 1.807) is 17.2 Å². The third kappa shape index (κ3) is 9.18. The average Bonchev–Trinajstić information content (AvgIpc) is 4.10. The van der Waals surface area contributed by atoms with Crippen molar-refractivity contribution in [2.24, 2.45) is 11.3 Å². The quantitative estimate of drug-likeness (QED) is 0.113. The van der Waals surface area contributed by atoms with Crippen LogP contribution in [0.3, 0.4) is 0 Å². The monoisotopic (exact) mass is 989 g/mol. The lowest BCUT2D eigenvalue weighted by molar-refractivity contribution is -0.126. The van der Waals surface area contributed by atoms with Crippen molar-refractivity contribution in [3.05, 3.63) is 119 Å². The number of hydrogen-bond donors (Lipinski definition) is 3. The minimum Gasteiger partial charge on any atom is -0.372 e. The zero-order chi connectivity index (χ0) is 49.2. The van der Waals surface area contributed by atoms with Gasteiger partial charge in [-0.2, -0.15) is 12.7 Å². The van der Waals surface area contributed by atoms with Gasteiger partial charge in [0.25, 0.3) is 5.91 Å². The number of alkyl halides is 1. The molecule has 2 aromatic heterocycles. The molecule has 0 bridgehead atoms. The predicted molar refractivity (Wildman–Crippen MR) is 266 cm³/mol. The second-order valence-corrected chi connectivity index (χ2v) is 22.1. The van der Waals surface area contributed by atoms with Gasteiger partial charge in [0.2, 0.25) is 11.7 Å². The molecule has 5 saturated heterocycles.